The standard InChI is InChI=1S/C21H35N3O/c1-19(2)23-14-12-22(13-15-23)10-7-11-24-16-17-25-18-21(24,3)20-8-5-4-6-9-20/h4-6,8-9,19H,7,10-18H2,1-3H3/t21-/m1/s1. The van der Waals surface area contributed by atoms with Crippen LogP contribution in [0.15, 0.2) is 30.3 Å². The van der Waals surface area contributed by atoms with Gasteiger partial charge < -0.3 is 9.64 Å². The molecule has 1 atom stereocenters. The Balaban J connectivity index is 1.50. The minimum absolute atomic E-state index is 0.00977. The number of rotatable bonds is 6. The molecule has 0 aromatic heterocycles. The van der Waals surface area contributed by atoms with Crippen molar-refractivity contribution in [2.24, 2.45) is 0 Å². The van der Waals surface area contributed by atoms with Crippen LogP contribution in [-0.2, 0) is 10.3 Å². The average molecular weight is 346 g/mol. The Labute approximate surface area is 153 Å². The van der Waals surface area contributed by atoms with Crippen LogP contribution in [0, 0.1) is 0 Å². The van der Waals surface area contributed by atoms with Crippen molar-refractivity contribution in [2.45, 2.75) is 38.8 Å². The molecule has 4 heteroatoms. The van der Waals surface area contributed by atoms with E-state index in [0.29, 0.717) is 6.04 Å². The van der Waals surface area contributed by atoms with Crippen molar-refractivity contribution < 1.29 is 4.74 Å². The molecule has 2 saturated heterocycles. The summed E-state index contributed by atoms with van der Waals surface area (Å²) < 4.78 is 5.84. The zero-order chi connectivity index (χ0) is 17.7. The molecule has 4 nitrogen and oxygen atoms in total. The summed E-state index contributed by atoms with van der Waals surface area (Å²) in [7, 11) is 0. The molecule has 140 valence electrons. The molecular formula is C21H35N3O. The Morgan fingerprint density at radius 3 is 2.40 bits per heavy atom. The van der Waals surface area contributed by atoms with Crippen molar-refractivity contribution in [1.82, 2.24) is 14.7 Å². The molecule has 0 N–H and O–H groups in total. The third-order valence-electron chi connectivity index (χ3n) is 6.02. The lowest BCUT2D eigenvalue weighted by Gasteiger charge is -2.45. The van der Waals surface area contributed by atoms with E-state index in [9.17, 15) is 0 Å². The molecule has 0 saturated carbocycles. The van der Waals surface area contributed by atoms with Gasteiger partial charge in [0.15, 0.2) is 0 Å². The van der Waals surface area contributed by atoms with Gasteiger partial charge in [0.05, 0.1) is 18.8 Å². The molecule has 2 heterocycles. The highest BCUT2D eigenvalue weighted by Crippen LogP contribution is 2.31. The predicted octanol–water partition coefficient (Wildman–Crippen LogP) is 2.65. The molecule has 0 radical (unpaired) electrons. The molecule has 3 rings (SSSR count). The highest BCUT2D eigenvalue weighted by Gasteiger charge is 2.36. The first-order chi connectivity index (χ1) is 12.1. The minimum Gasteiger partial charge on any atom is -0.378 e. The Hall–Kier alpha value is -0.940. The maximum absolute atomic E-state index is 5.84. The quantitative estimate of drug-likeness (QED) is 0.789. The van der Waals surface area contributed by atoms with E-state index in [4.69, 9.17) is 4.74 Å². The summed E-state index contributed by atoms with van der Waals surface area (Å²) in [5, 5.41) is 0. The largest absolute Gasteiger partial charge is 0.378 e. The Morgan fingerprint density at radius 1 is 1.00 bits per heavy atom. The maximum atomic E-state index is 5.84. The summed E-state index contributed by atoms with van der Waals surface area (Å²) in [4.78, 5) is 7.86. The van der Waals surface area contributed by atoms with Gasteiger partial charge in [0.2, 0.25) is 0 Å². The number of nitrogens with zero attached hydrogens (tertiary/aromatic N) is 3. The van der Waals surface area contributed by atoms with E-state index in [1.54, 1.807) is 0 Å². The van der Waals surface area contributed by atoms with E-state index in [-0.39, 0.29) is 5.54 Å². The monoisotopic (exact) mass is 345 g/mol. The van der Waals surface area contributed by atoms with Gasteiger partial charge in [-0.05, 0) is 39.3 Å². The second-order valence-electron chi connectivity index (χ2n) is 8.00. The lowest BCUT2D eigenvalue weighted by Crippen LogP contribution is -2.53. The lowest BCUT2D eigenvalue weighted by atomic mass is 9.89. The number of hydrogen-bond donors (Lipinski definition) is 0. The van der Waals surface area contributed by atoms with E-state index in [1.807, 2.05) is 0 Å². The van der Waals surface area contributed by atoms with E-state index >= 15 is 0 Å². The molecule has 25 heavy (non-hydrogen) atoms. The summed E-state index contributed by atoms with van der Waals surface area (Å²) in [6.07, 6.45) is 1.24. The molecule has 1 aromatic carbocycles. The number of morpholine rings is 1. The van der Waals surface area contributed by atoms with Crippen molar-refractivity contribution >= 4 is 0 Å². The summed E-state index contributed by atoms with van der Waals surface area (Å²) in [6.45, 7) is 16.9. The van der Waals surface area contributed by atoms with E-state index in [0.717, 1.165) is 26.3 Å². The molecule has 2 aliphatic heterocycles. The first kappa shape index (κ1) is 18.8. The Morgan fingerprint density at radius 2 is 1.72 bits per heavy atom. The molecule has 0 bridgehead atoms. The van der Waals surface area contributed by atoms with Gasteiger partial charge in [0.1, 0.15) is 0 Å². The van der Waals surface area contributed by atoms with E-state index in [1.165, 1.54) is 44.7 Å². The topological polar surface area (TPSA) is 19.0 Å². The molecule has 0 amide bonds. The van der Waals surface area contributed by atoms with Gasteiger partial charge in [-0.15, -0.1) is 0 Å². The predicted molar refractivity (Wildman–Crippen MR) is 104 cm³/mol. The number of hydrogen-bond acceptors (Lipinski definition) is 4. The second-order valence-corrected chi connectivity index (χ2v) is 8.00. The highest BCUT2D eigenvalue weighted by atomic mass is 16.5. The summed E-state index contributed by atoms with van der Waals surface area (Å²) in [6, 6.07) is 11.5. The smallest absolute Gasteiger partial charge is 0.0690 e. The molecular weight excluding hydrogens is 310 g/mol. The van der Waals surface area contributed by atoms with Gasteiger partial charge in [-0.25, -0.2) is 0 Å². The van der Waals surface area contributed by atoms with Crippen LogP contribution in [0.25, 0.3) is 0 Å². The van der Waals surface area contributed by atoms with Crippen LogP contribution in [0.3, 0.4) is 0 Å². The van der Waals surface area contributed by atoms with Crippen molar-refractivity contribution in [3.63, 3.8) is 0 Å². The second kappa shape index (κ2) is 8.63. The summed E-state index contributed by atoms with van der Waals surface area (Å²) in [5.74, 6) is 0. The van der Waals surface area contributed by atoms with Crippen molar-refractivity contribution in [1.29, 1.82) is 0 Å². The zero-order valence-electron chi connectivity index (χ0n) is 16.3. The Kier molecular flexibility index (Phi) is 6.50. The average Bonchev–Trinajstić information content (AvgIpc) is 2.64. The third kappa shape index (κ3) is 4.62. The Bertz CT molecular complexity index is 513. The van der Waals surface area contributed by atoms with Crippen LogP contribution in [0.4, 0.5) is 0 Å². The van der Waals surface area contributed by atoms with Crippen molar-refractivity contribution in [3.8, 4) is 0 Å². The van der Waals surface area contributed by atoms with Crippen molar-refractivity contribution in [2.75, 3.05) is 59.0 Å². The minimum atomic E-state index is 0.00977. The van der Waals surface area contributed by atoms with E-state index < -0.39 is 0 Å². The summed E-state index contributed by atoms with van der Waals surface area (Å²) in [5.41, 5.74) is 1.39. The van der Waals surface area contributed by atoms with Crippen molar-refractivity contribution in [3.05, 3.63) is 35.9 Å². The zero-order valence-corrected chi connectivity index (χ0v) is 16.3. The van der Waals surface area contributed by atoms with Crippen LogP contribution < -0.4 is 0 Å². The highest BCUT2D eigenvalue weighted by molar-refractivity contribution is 5.24. The SMILES string of the molecule is CC(C)N1CCN(CCCN2CCOC[C@]2(C)c2ccccc2)CC1. The van der Waals surface area contributed by atoms with Gasteiger partial charge in [-0.3, -0.25) is 9.80 Å². The maximum Gasteiger partial charge on any atom is 0.0690 e. The van der Waals surface area contributed by atoms with E-state index in [2.05, 4.69) is 65.8 Å². The third-order valence-corrected chi connectivity index (χ3v) is 6.02. The van der Waals surface area contributed by atoms with Gasteiger partial charge in [-0.1, -0.05) is 30.3 Å². The van der Waals surface area contributed by atoms with Gasteiger partial charge >= 0.3 is 0 Å². The van der Waals surface area contributed by atoms with Crippen LogP contribution in [-0.4, -0.2) is 79.8 Å². The number of piperazine rings is 1. The van der Waals surface area contributed by atoms with Gasteiger partial charge in [-0.2, -0.15) is 0 Å². The van der Waals surface area contributed by atoms with Gasteiger partial charge in [0, 0.05) is 45.3 Å². The molecule has 0 spiro atoms. The van der Waals surface area contributed by atoms with Crippen LogP contribution in [0.2, 0.25) is 0 Å². The first-order valence-corrected chi connectivity index (χ1v) is 9.94. The molecule has 2 fully saturated rings. The normalized spacial score (nSPS) is 27.0. The first-order valence-electron chi connectivity index (χ1n) is 9.94. The van der Waals surface area contributed by atoms with Crippen LogP contribution >= 0.6 is 0 Å². The fourth-order valence-electron chi connectivity index (χ4n) is 4.19. The fourth-order valence-corrected chi connectivity index (χ4v) is 4.19. The van der Waals surface area contributed by atoms with Crippen LogP contribution in [0.1, 0.15) is 32.8 Å². The number of ether oxygens (including phenoxy) is 1. The molecule has 2 aliphatic rings. The van der Waals surface area contributed by atoms with Crippen LogP contribution in [0.5, 0.6) is 0 Å². The fraction of sp³-hybridized carbons (Fsp3) is 0.714. The van der Waals surface area contributed by atoms with Gasteiger partial charge in [0.25, 0.3) is 0 Å². The molecule has 1 aromatic rings. The summed E-state index contributed by atoms with van der Waals surface area (Å²) >= 11 is 0. The lowest BCUT2D eigenvalue weighted by molar-refractivity contribution is -0.0650. The number of benzene rings is 1. The molecule has 0 unspecified atom stereocenters. The molecule has 0 aliphatic carbocycles.